The quantitative estimate of drug-likeness (QED) is 0.833. The molecule has 22 heavy (non-hydrogen) atoms. The first-order chi connectivity index (χ1) is 10.4. The molecule has 122 valence electrons. The van der Waals surface area contributed by atoms with Crippen molar-refractivity contribution >= 4 is 15.9 Å². The number of carbonyl (C=O) groups excluding carboxylic acids is 1. The Kier molecular flexibility index (Phi) is 5.97. The van der Waals surface area contributed by atoms with Gasteiger partial charge in [-0.2, -0.15) is 4.31 Å². The van der Waals surface area contributed by atoms with Gasteiger partial charge < -0.3 is 5.32 Å². The van der Waals surface area contributed by atoms with E-state index >= 15 is 0 Å². The molecule has 1 N–H and O–H groups in total. The van der Waals surface area contributed by atoms with Crippen LogP contribution in [0.2, 0.25) is 0 Å². The second kappa shape index (κ2) is 7.74. The summed E-state index contributed by atoms with van der Waals surface area (Å²) in [6.45, 7) is 0.517. The van der Waals surface area contributed by atoms with E-state index < -0.39 is 10.0 Å². The molecule has 0 aliphatic heterocycles. The molecule has 1 aliphatic rings. The molecule has 0 aromatic heterocycles. The molecular formula is C16H24N2O3S. The molecule has 6 heteroatoms. The number of hydrogen-bond acceptors (Lipinski definition) is 3. The summed E-state index contributed by atoms with van der Waals surface area (Å²) in [6, 6.07) is 9.69. The standard InChI is InChI=1S/C16H24N2O3S/c1-22(20,21)18(13-14-7-3-2-4-8-14)12-11-16(19)17-15-9-5-6-10-15/h2-4,7-8,15H,5-6,9-13H2,1H3,(H,17,19). The number of sulfonamides is 1. The average molecular weight is 324 g/mol. The largest absolute Gasteiger partial charge is 0.353 e. The third-order valence-electron chi connectivity index (χ3n) is 3.98. The number of nitrogens with one attached hydrogen (secondary N) is 1. The number of benzene rings is 1. The molecule has 0 spiro atoms. The fourth-order valence-corrected chi connectivity index (χ4v) is 3.55. The van der Waals surface area contributed by atoms with Gasteiger partial charge in [-0.15, -0.1) is 0 Å². The highest BCUT2D eigenvalue weighted by Crippen LogP contribution is 2.17. The Hall–Kier alpha value is -1.40. The van der Waals surface area contributed by atoms with Crippen molar-refractivity contribution in [3.63, 3.8) is 0 Å². The first kappa shape index (κ1) is 17.0. The lowest BCUT2D eigenvalue weighted by molar-refractivity contribution is -0.121. The minimum Gasteiger partial charge on any atom is -0.353 e. The summed E-state index contributed by atoms with van der Waals surface area (Å²) in [6.07, 6.45) is 5.78. The molecule has 1 aromatic rings. The van der Waals surface area contributed by atoms with Gasteiger partial charge in [0.1, 0.15) is 0 Å². The summed E-state index contributed by atoms with van der Waals surface area (Å²) in [5.74, 6) is -0.0615. The van der Waals surface area contributed by atoms with Gasteiger partial charge in [-0.05, 0) is 18.4 Å². The van der Waals surface area contributed by atoms with E-state index in [0.717, 1.165) is 31.2 Å². The molecule has 1 aromatic carbocycles. The summed E-state index contributed by atoms with van der Waals surface area (Å²) in [4.78, 5) is 12.0. The molecule has 1 fully saturated rings. The zero-order valence-electron chi connectivity index (χ0n) is 13.0. The number of nitrogens with zero attached hydrogens (tertiary/aromatic N) is 1. The first-order valence-corrected chi connectivity index (χ1v) is 9.58. The number of amides is 1. The van der Waals surface area contributed by atoms with E-state index in [-0.39, 0.29) is 24.9 Å². The molecule has 1 amide bonds. The highest BCUT2D eigenvalue weighted by atomic mass is 32.2. The Morgan fingerprint density at radius 2 is 1.86 bits per heavy atom. The Bertz CT molecular complexity index is 581. The van der Waals surface area contributed by atoms with Gasteiger partial charge in [0.15, 0.2) is 0 Å². The Morgan fingerprint density at radius 3 is 2.45 bits per heavy atom. The summed E-state index contributed by atoms with van der Waals surface area (Å²) < 4.78 is 25.1. The fourth-order valence-electron chi connectivity index (χ4n) is 2.75. The van der Waals surface area contributed by atoms with Crippen molar-refractivity contribution in [2.24, 2.45) is 0 Å². The lowest BCUT2D eigenvalue weighted by atomic mass is 10.2. The molecule has 0 heterocycles. The predicted octanol–water partition coefficient (Wildman–Crippen LogP) is 1.90. The van der Waals surface area contributed by atoms with Gasteiger partial charge in [-0.1, -0.05) is 43.2 Å². The van der Waals surface area contributed by atoms with Crippen LogP contribution in [-0.2, 0) is 21.4 Å². The van der Waals surface area contributed by atoms with E-state index in [9.17, 15) is 13.2 Å². The van der Waals surface area contributed by atoms with Gasteiger partial charge in [0, 0.05) is 25.6 Å². The van der Waals surface area contributed by atoms with Crippen LogP contribution in [0.4, 0.5) is 0 Å². The number of carbonyl (C=O) groups is 1. The van der Waals surface area contributed by atoms with Gasteiger partial charge >= 0.3 is 0 Å². The third-order valence-corrected chi connectivity index (χ3v) is 5.23. The first-order valence-electron chi connectivity index (χ1n) is 7.73. The zero-order valence-corrected chi connectivity index (χ0v) is 13.8. The number of hydrogen-bond donors (Lipinski definition) is 1. The molecule has 0 radical (unpaired) electrons. The lowest BCUT2D eigenvalue weighted by Gasteiger charge is -2.20. The zero-order chi connectivity index (χ0) is 16.0. The van der Waals surface area contributed by atoms with Gasteiger partial charge in [-0.3, -0.25) is 4.79 Å². The van der Waals surface area contributed by atoms with Crippen LogP contribution in [0.5, 0.6) is 0 Å². The lowest BCUT2D eigenvalue weighted by Crippen LogP contribution is -2.37. The summed E-state index contributed by atoms with van der Waals surface area (Å²) in [7, 11) is -3.33. The van der Waals surface area contributed by atoms with E-state index in [0.29, 0.717) is 6.54 Å². The maximum Gasteiger partial charge on any atom is 0.221 e. The van der Waals surface area contributed by atoms with E-state index in [1.54, 1.807) is 0 Å². The normalized spacial score (nSPS) is 16.1. The van der Waals surface area contributed by atoms with Gasteiger partial charge in [0.2, 0.25) is 15.9 Å². The number of rotatable bonds is 7. The molecule has 0 unspecified atom stereocenters. The highest BCUT2D eigenvalue weighted by Gasteiger charge is 2.20. The highest BCUT2D eigenvalue weighted by molar-refractivity contribution is 7.88. The van der Waals surface area contributed by atoms with Gasteiger partial charge in [0.05, 0.1) is 6.26 Å². The van der Waals surface area contributed by atoms with Crippen LogP contribution in [-0.4, -0.2) is 37.5 Å². The van der Waals surface area contributed by atoms with Crippen molar-refractivity contribution in [2.45, 2.75) is 44.7 Å². The van der Waals surface area contributed by atoms with Crippen LogP contribution in [0, 0.1) is 0 Å². The van der Waals surface area contributed by atoms with E-state index in [4.69, 9.17) is 0 Å². The molecule has 2 rings (SSSR count). The van der Waals surface area contributed by atoms with Gasteiger partial charge in [-0.25, -0.2) is 8.42 Å². The van der Waals surface area contributed by atoms with Crippen molar-refractivity contribution in [1.29, 1.82) is 0 Å². The van der Waals surface area contributed by atoms with Crippen LogP contribution < -0.4 is 5.32 Å². The van der Waals surface area contributed by atoms with E-state index in [1.165, 1.54) is 10.6 Å². The third kappa shape index (κ3) is 5.42. The maximum absolute atomic E-state index is 12.0. The molecule has 1 aliphatic carbocycles. The van der Waals surface area contributed by atoms with Crippen LogP contribution in [0.25, 0.3) is 0 Å². The summed E-state index contributed by atoms with van der Waals surface area (Å²) in [5.41, 5.74) is 0.920. The van der Waals surface area contributed by atoms with Crippen LogP contribution in [0.15, 0.2) is 30.3 Å². The molecule has 0 bridgehead atoms. The second-order valence-corrected chi connectivity index (χ2v) is 7.86. The van der Waals surface area contributed by atoms with Crippen LogP contribution in [0.1, 0.15) is 37.7 Å². The second-order valence-electron chi connectivity index (χ2n) is 5.88. The molecule has 0 saturated heterocycles. The van der Waals surface area contributed by atoms with Gasteiger partial charge in [0.25, 0.3) is 0 Å². The fraction of sp³-hybridized carbons (Fsp3) is 0.562. The van der Waals surface area contributed by atoms with Crippen molar-refractivity contribution in [1.82, 2.24) is 9.62 Å². The van der Waals surface area contributed by atoms with Crippen molar-refractivity contribution in [3.05, 3.63) is 35.9 Å². The minimum atomic E-state index is -3.33. The maximum atomic E-state index is 12.0. The Morgan fingerprint density at radius 1 is 1.23 bits per heavy atom. The van der Waals surface area contributed by atoms with Crippen molar-refractivity contribution < 1.29 is 13.2 Å². The molecule has 0 atom stereocenters. The monoisotopic (exact) mass is 324 g/mol. The summed E-state index contributed by atoms with van der Waals surface area (Å²) >= 11 is 0. The molecule has 1 saturated carbocycles. The Labute approximate surface area is 132 Å². The van der Waals surface area contributed by atoms with Crippen molar-refractivity contribution in [3.8, 4) is 0 Å². The predicted molar refractivity (Wildman–Crippen MR) is 86.7 cm³/mol. The smallest absolute Gasteiger partial charge is 0.221 e. The average Bonchev–Trinajstić information content (AvgIpc) is 2.96. The molecule has 5 nitrogen and oxygen atoms in total. The van der Waals surface area contributed by atoms with Crippen LogP contribution in [0.3, 0.4) is 0 Å². The minimum absolute atomic E-state index is 0.0615. The Balaban J connectivity index is 1.88. The molecular weight excluding hydrogens is 300 g/mol. The van der Waals surface area contributed by atoms with E-state index in [1.807, 2.05) is 30.3 Å². The van der Waals surface area contributed by atoms with Crippen LogP contribution >= 0.6 is 0 Å². The topological polar surface area (TPSA) is 66.5 Å². The van der Waals surface area contributed by atoms with E-state index in [2.05, 4.69) is 5.32 Å². The summed E-state index contributed by atoms with van der Waals surface area (Å²) in [5, 5.41) is 2.99. The van der Waals surface area contributed by atoms with Crippen molar-refractivity contribution in [2.75, 3.05) is 12.8 Å². The SMILES string of the molecule is CS(=O)(=O)N(CCC(=O)NC1CCCC1)Cc1ccccc1.